The molecule has 1 aliphatic rings. The number of rotatable bonds is 5. The van der Waals surface area contributed by atoms with Gasteiger partial charge in [-0.3, -0.25) is 9.69 Å². The molecule has 0 aliphatic carbocycles. The molecule has 1 fully saturated rings. The second kappa shape index (κ2) is 7.23. The summed E-state index contributed by atoms with van der Waals surface area (Å²) in [5.41, 5.74) is 0.903. The van der Waals surface area contributed by atoms with E-state index in [0.717, 1.165) is 31.4 Å². The van der Waals surface area contributed by atoms with Gasteiger partial charge in [0, 0.05) is 23.5 Å². The molecule has 2 atom stereocenters. The Morgan fingerprint density at radius 2 is 2.29 bits per heavy atom. The minimum absolute atomic E-state index is 0.0668. The van der Waals surface area contributed by atoms with Crippen molar-refractivity contribution in [3.8, 4) is 0 Å². The number of likely N-dealkylation sites (tertiary alicyclic amines) is 1. The number of carboxylic acids is 1. The average Bonchev–Trinajstić information content (AvgIpc) is 2.45. The number of aliphatic carboxylic acids is 1. The van der Waals surface area contributed by atoms with Crippen molar-refractivity contribution in [1.82, 2.24) is 4.90 Å². The molecule has 0 bridgehead atoms. The molecule has 1 heterocycles. The van der Waals surface area contributed by atoms with Gasteiger partial charge in [-0.1, -0.05) is 24.1 Å². The van der Waals surface area contributed by atoms with Crippen molar-refractivity contribution in [3.63, 3.8) is 0 Å². The Kier molecular flexibility index (Phi) is 5.59. The van der Waals surface area contributed by atoms with E-state index in [1.807, 2.05) is 0 Å². The zero-order valence-electron chi connectivity index (χ0n) is 12.2. The Hall–Kier alpha value is -1.13. The van der Waals surface area contributed by atoms with Gasteiger partial charge in [0.15, 0.2) is 0 Å². The number of hydrogen-bond acceptors (Lipinski definition) is 2. The highest BCUT2D eigenvalue weighted by Gasteiger charge is 2.28. The van der Waals surface area contributed by atoms with Gasteiger partial charge in [-0.2, -0.15) is 0 Å². The van der Waals surface area contributed by atoms with Crippen molar-refractivity contribution in [1.29, 1.82) is 0 Å². The second-order valence-corrected chi connectivity index (χ2v) is 6.07. The van der Waals surface area contributed by atoms with Crippen LogP contribution in [-0.2, 0) is 4.79 Å². The van der Waals surface area contributed by atoms with Crippen molar-refractivity contribution >= 4 is 17.6 Å². The third kappa shape index (κ3) is 4.17. The molecule has 0 amide bonds. The standard InChI is InChI=1S/C16H21ClFNO2/c1-11(14-7-5-12(18)10-15(14)17)19-9-3-2-4-13(19)6-8-16(20)21/h5,7,10-11,13H,2-4,6,8-9H2,1H3,(H,20,21). The van der Waals surface area contributed by atoms with Crippen LogP contribution in [0.3, 0.4) is 0 Å². The molecular formula is C16H21ClFNO2. The minimum atomic E-state index is -0.756. The van der Waals surface area contributed by atoms with E-state index in [2.05, 4.69) is 11.8 Å². The number of carbonyl (C=O) groups is 1. The largest absolute Gasteiger partial charge is 0.481 e. The van der Waals surface area contributed by atoms with Crippen molar-refractivity contribution in [3.05, 3.63) is 34.6 Å². The van der Waals surface area contributed by atoms with Crippen LogP contribution in [0.25, 0.3) is 0 Å². The number of nitrogens with zero attached hydrogens (tertiary/aromatic N) is 1. The summed E-state index contributed by atoms with van der Waals surface area (Å²) < 4.78 is 13.2. The molecule has 0 aromatic heterocycles. The molecule has 1 saturated heterocycles. The van der Waals surface area contributed by atoms with Crippen molar-refractivity contribution < 1.29 is 14.3 Å². The van der Waals surface area contributed by atoms with E-state index in [-0.39, 0.29) is 24.3 Å². The van der Waals surface area contributed by atoms with Gasteiger partial charge in [0.05, 0.1) is 0 Å². The minimum Gasteiger partial charge on any atom is -0.481 e. The summed E-state index contributed by atoms with van der Waals surface area (Å²) in [5.74, 6) is -1.09. The summed E-state index contributed by atoms with van der Waals surface area (Å²) in [6, 6.07) is 4.81. The normalized spacial score (nSPS) is 21.2. The molecule has 0 radical (unpaired) electrons. The van der Waals surface area contributed by atoms with E-state index >= 15 is 0 Å². The lowest BCUT2D eigenvalue weighted by molar-refractivity contribution is -0.137. The van der Waals surface area contributed by atoms with E-state index in [1.165, 1.54) is 12.1 Å². The van der Waals surface area contributed by atoms with Crippen LogP contribution in [0, 0.1) is 5.82 Å². The summed E-state index contributed by atoms with van der Waals surface area (Å²) in [4.78, 5) is 13.1. The Balaban J connectivity index is 2.13. The molecular weight excluding hydrogens is 293 g/mol. The fraction of sp³-hybridized carbons (Fsp3) is 0.562. The monoisotopic (exact) mass is 313 g/mol. The maximum atomic E-state index is 13.2. The predicted octanol–water partition coefficient (Wildman–Crippen LogP) is 4.26. The lowest BCUT2D eigenvalue weighted by Gasteiger charge is -2.40. The summed E-state index contributed by atoms with van der Waals surface area (Å²) in [5, 5.41) is 9.31. The topological polar surface area (TPSA) is 40.5 Å². The molecule has 1 aromatic rings. The Morgan fingerprint density at radius 1 is 1.52 bits per heavy atom. The first-order valence-corrected chi connectivity index (χ1v) is 7.79. The fourth-order valence-electron chi connectivity index (χ4n) is 3.15. The molecule has 1 aliphatic heterocycles. The van der Waals surface area contributed by atoms with E-state index in [9.17, 15) is 9.18 Å². The zero-order chi connectivity index (χ0) is 15.4. The molecule has 0 spiro atoms. The van der Waals surface area contributed by atoms with Crippen LogP contribution in [0.4, 0.5) is 4.39 Å². The fourth-order valence-corrected chi connectivity index (χ4v) is 3.48. The van der Waals surface area contributed by atoms with Crippen molar-refractivity contribution in [2.45, 2.75) is 51.1 Å². The van der Waals surface area contributed by atoms with Crippen LogP contribution in [0.1, 0.15) is 50.6 Å². The molecule has 21 heavy (non-hydrogen) atoms. The SMILES string of the molecule is CC(c1ccc(F)cc1Cl)N1CCCCC1CCC(=O)O. The van der Waals surface area contributed by atoms with Gasteiger partial charge in [-0.25, -0.2) is 4.39 Å². The van der Waals surface area contributed by atoms with Crippen LogP contribution in [0.5, 0.6) is 0 Å². The van der Waals surface area contributed by atoms with Crippen LogP contribution in [0.15, 0.2) is 18.2 Å². The zero-order valence-corrected chi connectivity index (χ0v) is 12.9. The predicted molar refractivity (Wildman–Crippen MR) is 81.0 cm³/mol. The molecule has 0 saturated carbocycles. The van der Waals surface area contributed by atoms with Crippen molar-refractivity contribution in [2.75, 3.05) is 6.54 Å². The van der Waals surface area contributed by atoms with Crippen LogP contribution >= 0.6 is 11.6 Å². The third-order valence-electron chi connectivity index (χ3n) is 4.27. The number of carboxylic acid groups (broad SMARTS) is 1. The average molecular weight is 314 g/mol. The number of piperidine rings is 1. The summed E-state index contributed by atoms with van der Waals surface area (Å²) in [6.07, 6.45) is 4.08. The maximum absolute atomic E-state index is 13.2. The quantitative estimate of drug-likeness (QED) is 0.883. The number of benzene rings is 1. The van der Waals surface area contributed by atoms with Crippen molar-refractivity contribution in [2.24, 2.45) is 0 Å². The highest BCUT2D eigenvalue weighted by Crippen LogP contribution is 2.33. The lowest BCUT2D eigenvalue weighted by atomic mass is 9.94. The molecule has 2 rings (SSSR count). The van der Waals surface area contributed by atoms with E-state index in [0.29, 0.717) is 11.4 Å². The van der Waals surface area contributed by atoms with E-state index < -0.39 is 5.97 Å². The van der Waals surface area contributed by atoms with Gasteiger partial charge in [-0.15, -0.1) is 0 Å². The highest BCUT2D eigenvalue weighted by molar-refractivity contribution is 6.31. The summed E-state index contributed by atoms with van der Waals surface area (Å²) in [7, 11) is 0. The van der Waals surface area contributed by atoms with Gasteiger partial charge in [0.1, 0.15) is 5.82 Å². The van der Waals surface area contributed by atoms with Crippen LogP contribution in [0.2, 0.25) is 5.02 Å². The number of halogens is 2. The molecule has 3 nitrogen and oxygen atoms in total. The molecule has 2 unspecified atom stereocenters. The first kappa shape index (κ1) is 16.2. The highest BCUT2D eigenvalue weighted by atomic mass is 35.5. The van der Waals surface area contributed by atoms with Gasteiger partial charge in [-0.05, 0) is 50.4 Å². The van der Waals surface area contributed by atoms with Gasteiger partial charge in [0.25, 0.3) is 0 Å². The van der Waals surface area contributed by atoms with Gasteiger partial charge < -0.3 is 5.11 Å². The Labute approximate surface area is 129 Å². The second-order valence-electron chi connectivity index (χ2n) is 5.66. The summed E-state index contributed by atoms with van der Waals surface area (Å²) >= 11 is 6.16. The van der Waals surface area contributed by atoms with Crippen LogP contribution in [-0.4, -0.2) is 28.6 Å². The van der Waals surface area contributed by atoms with Gasteiger partial charge in [0.2, 0.25) is 0 Å². The summed E-state index contributed by atoms with van der Waals surface area (Å²) in [6.45, 7) is 2.98. The smallest absolute Gasteiger partial charge is 0.303 e. The number of hydrogen-bond donors (Lipinski definition) is 1. The van der Waals surface area contributed by atoms with E-state index in [4.69, 9.17) is 16.7 Å². The molecule has 116 valence electrons. The van der Waals surface area contributed by atoms with Gasteiger partial charge >= 0.3 is 5.97 Å². The first-order chi connectivity index (χ1) is 9.99. The maximum Gasteiger partial charge on any atom is 0.303 e. The van der Waals surface area contributed by atoms with E-state index in [1.54, 1.807) is 6.07 Å². The Bertz CT molecular complexity index is 509. The molecule has 1 N–H and O–H groups in total. The Morgan fingerprint density at radius 3 is 2.95 bits per heavy atom. The first-order valence-electron chi connectivity index (χ1n) is 7.41. The molecule has 1 aromatic carbocycles. The third-order valence-corrected chi connectivity index (χ3v) is 4.60. The van der Waals surface area contributed by atoms with Crippen LogP contribution < -0.4 is 0 Å². The lowest BCUT2D eigenvalue weighted by Crippen LogP contribution is -2.41. The molecule has 5 heteroatoms.